The van der Waals surface area contributed by atoms with E-state index in [1.165, 1.54) is 4.31 Å². The molecule has 0 aromatic heterocycles. The van der Waals surface area contributed by atoms with Gasteiger partial charge in [0.25, 0.3) is 0 Å². The first-order valence-corrected chi connectivity index (χ1v) is 10.5. The first kappa shape index (κ1) is 18.2. The number of amides is 1. The molecule has 1 amide bonds. The Morgan fingerprint density at radius 3 is 2.44 bits per heavy atom. The fourth-order valence-corrected chi connectivity index (χ4v) is 5.11. The Bertz CT molecular complexity index is 696. The Morgan fingerprint density at radius 1 is 1.12 bits per heavy atom. The average Bonchev–Trinajstić information content (AvgIpc) is 3.17. The Labute approximate surface area is 149 Å². The summed E-state index contributed by atoms with van der Waals surface area (Å²) in [5.41, 5.74) is 0. The van der Waals surface area contributed by atoms with Gasteiger partial charge in [0.05, 0.1) is 17.4 Å². The monoisotopic (exact) mass is 366 g/mol. The van der Waals surface area contributed by atoms with Crippen LogP contribution in [0.15, 0.2) is 29.2 Å². The van der Waals surface area contributed by atoms with Crippen LogP contribution in [-0.4, -0.2) is 56.3 Å². The molecule has 1 aromatic carbocycles. The molecular weight excluding hydrogens is 340 g/mol. The first-order chi connectivity index (χ1) is 12.0. The van der Waals surface area contributed by atoms with E-state index in [4.69, 9.17) is 4.74 Å². The number of nitrogens with zero attached hydrogens (tertiary/aromatic N) is 2. The maximum absolute atomic E-state index is 12.9. The van der Waals surface area contributed by atoms with Crippen LogP contribution >= 0.6 is 0 Å². The van der Waals surface area contributed by atoms with Gasteiger partial charge in [-0.25, -0.2) is 8.42 Å². The van der Waals surface area contributed by atoms with Crippen LogP contribution in [0.25, 0.3) is 0 Å². The van der Waals surface area contributed by atoms with Crippen molar-refractivity contribution in [2.45, 2.75) is 37.5 Å². The zero-order valence-corrected chi connectivity index (χ0v) is 15.5. The van der Waals surface area contributed by atoms with E-state index in [1.807, 2.05) is 11.8 Å². The summed E-state index contributed by atoms with van der Waals surface area (Å²) in [6.07, 6.45) is 3.59. The van der Waals surface area contributed by atoms with Crippen LogP contribution in [0.1, 0.15) is 32.6 Å². The zero-order valence-electron chi connectivity index (χ0n) is 14.7. The summed E-state index contributed by atoms with van der Waals surface area (Å²) in [7, 11) is -3.58. The molecule has 7 heteroatoms. The lowest BCUT2D eigenvalue weighted by molar-refractivity contribution is -0.135. The highest BCUT2D eigenvalue weighted by Gasteiger charge is 2.35. The lowest BCUT2D eigenvalue weighted by Crippen LogP contribution is -2.46. The van der Waals surface area contributed by atoms with Crippen LogP contribution < -0.4 is 4.74 Å². The van der Waals surface area contributed by atoms with E-state index < -0.39 is 10.0 Å². The Kier molecular flexibility index (Phi) is 5.64. The number of hydrogen-bond donors (Lipinski definition) is 0. The van der Waals surface area contributed by atoms with E-state index >= 15 is 0 Å². The Balaban J connectivity index is 1.71. The molecule has 0 aliphatic carbocycles. The number of ether oxygens (including phenoxy) is 1. The smallest absolute Gasteiger partial charge is 0.243 e. The molecule has 25 heavy (non-hydrogen) atoms. The van der Waals surface area contributed by atoms with E-state index in [9.17, 15) is 13.2 Å². The highest BCUT2D eigenvalue weighted by Crippen LogP contribution is 2.27. The molecule has 0 saturated carbocycles. The minimum absolute atomic E-state index is 0.115. The molecule has 1 atom stereocenters. The quantitative estimate of drug-likeness (QED) is 0.800. The second-order valence-corrected chi connectivity index (χ2v) is 8.58. The highest BCUT2D eigenvalue weighted by atomic mass is 32.2. The third kappa shape index (κ3) is 3.98. The largest absolute Gasteiger partial charge is 0.494 e. The molecule has 3 rings (SSSR count). The summed E-state index contributed by atoms with van der Waals surface area (Å²) in [4.78, 5) is 14.8. The number of benzene rings is 1. The lowest BCUT2D eigenvalue weighted by Gasteiger charge is -2.33. The molecule has 0 unspecified atom stereocenters. The predicted octanol–water partition coefficient (Wildman–Crippen LogP) is 2.11. The SMILES string of the molecule is CCOc1ccc(S(=O)(=O)N2CCC[C@@H](C(=O)N3CCCC3)C2)cc1. The second-order valence-electron chi connectivity index (χ2n) is 6.64. The molecule has 2 aliphatic rings. The number of piperidine rings is 1. The van der Waals surface area contributed by atoms with Crippen molar-refractivity contribution in [1.82, 2.24) is 9.21 Å². The Morgan fingerprint density at radius 2 is 1.80 bits per heavy atom. The molecule has 138 valence electrons. The number of hydrogen-bond acceptors (Lipinski definition) is 4. The topological polar surface area (TPSA) is 66.9 Å². The number of sulfonamides is 1. The van der Waals surface area contributed by atoms with E-state index in [0.29, 0.717) is 18.9 Å². The zero-order chi connectivity index (χ0) is 17.9. The van der Waals surface area contributed by atoms with Crippen molar-refractivity contribution in [2.24, 2.45) is 5.92 Å². The van der Waals surface area contributed by atoms with Crippen LogP contribution in [0, 0.1) is 5.92 Å². The third-order valence-corrected chi connectivity index (χ3v) is 6.80. The van der Waals surface area contributed by atoms with E-state index in [-0.39, 0.29) is 23.3 Å². The van der Waals surface area contributed by atoms with Crippen molar-refractivity contribution in [1.29, 1.82) is 0 Å². The van der Waals surface area contributed by atoms with Crippen molar-refractivity contribution in [3.8, 4) is 5.75 Å². The summed E-state index contributed by atoms with van der Waals surface area (Å²) < 4.78 is 32.6. The molecule has 2 fully saturated rings. The molecule has 1 aromatic rings. The van der Waals surface area contributed by atoms with Gasteiger partial charge in [-0.1, -0.05) is 0 Å². The minimum Gasteiger partial charge on any atom is -0.494 e. The van der Waals surface area contributed by atoms with Gasteiger partial charge < -0.3 is 9.64 Å². The van der Waals surface area contributed by atoms with Crippen molar-refractivity contribution < 1.29 is 17.9 Å². The number of carbonyl (C=O) groups excluding carboxylic acids is 1. The van der Waals surface area contributed by atoms with Gasteiger partial charge >= 0.3 is 0 Å². The summed E-state index contributed by atoms with van der Waals surface area (Å²) in [5.74, 6) is 0.551. The molecule has 0 N–H and O–H groups in total. The Hall–Kier alpha value is -1.60. The van der Waals surface area contributed by atoms with E-state index in [1.54, 1.807) is 24.3 Å². The van der Waals surface area contributed by atoms with Crippen molar-refractivity contribution >= 4 is 15.9 Å². The van der Waals surface area contributed by atoms with Gasteiger partial charge in [0.15, 0.2) is 0 Å². The highest BCUT2D eigenvalue weighted by molar-refractivity contribution is 7.89. The third-order valence-electron chi connectivity index (χ3n) is 4.92. The second kappa shape index (κ2) is 7.74. The lowest BCUT2D eigenvalue weighted by atomic mass is 9.98. The van der Waals surface area contributed by atoms with Gasteiger partial charge in [0.2, 0.25) is 15.9 Å². The van der Waals surface area contributed by atoms with Gasteiger partial charge in [0, 0.05) is 26.2 Å². The summed E-state index contributed by atoms with van der Waals surface area (Å²) in [6.45, 7) is 4.79. The van der Waals surface area contributed by atoms with Gasteiger partial charge in [-0.3, -0.25) is 4.79 Å². The molecule has 2 heterocycles. The first-order valence-electron chi connectivity index (χ1n) is 9.04. The molecule has 0 bridgehead atoms. The van der Waals surface area contributed by atoms with Gasteiger partial charge in [-0.15, -0.1) is 0 Å². The average molecular weight is 366 g/mol. The van der Waals surface area contributed by atoms with E-state index in [2.05, 4.69) is 0 Å². The van der Waals surface area contributed by atoms with Crippen molar-refractivity contribution in [2.75, 3.05) is 32.8 Å². The number of carbonyl (C=O) groups is 1. The van der Waals surface area contributed by atoms with Crippen LogP contribution in [-0.2, 0) is 14.8 Å². The molecule has 2 aliphatic heterocycles. The number of likely N-dealkylation sites (tertiary alicyclic amines) is 1. The fraction of sp³-hybridized carbons (Fsp3) is 0.611. The van der Waals surface area contributed by atoms with Gasteiger partial charge in [0.1, 0.15) is 5.75 Å². The van der Waals surface area contributed by atoms with Crippen LogP contribution in [0.5, 0.6) is 5.75 Å². The standard InChI is InChI=1S/C18H26N2O4S/c1-2-24-16-7-9-17(10-8-16)25(22,23)20-13-5-6-15(14-20)18(21)19-11-3-4-12-19/h7-10,15H,2-6,11-14H2,1H3/t15-/m1/s1. The minimum atomic E-state index is -3.58. The van der Waals surface area contributed by atoms with Crippen LogP contribution in [0.4, 0.5) is 0 Å². The molecule has 0 spiro atoms. The molecule has 2 saturated heterocycles. The molecule has 0 radical (unpaired) electrons. The summed E-state index contributed by atoms with van der Waals surface area (Å²) in [6, 6.07) is 6.50. The van der Waals surface area contributed by atoms with Gasteiger partial charge in [-0.2, -0.15) is 4.31 Å². The summed E-state index contributed by atoms with van der Waals surface area (Å²) in [5, 5.41) is 0. The molecular formula is C18H26N2O4S. The van der Waals surface area contributed by atoms with Crippen molar-refractivity contribution in [3.63, 3.8) is 0 Å². The molecule has 6 nitrogen and oxygen atoms in total. The predicted molar refractivity (Wildman–Crippen MR) is 94.9 cm³/mol. The van der Waals surface area contributed by atoms with E-state index in [0.717, 1.165) is 38.8 Å². The fourth-order valence-electron chi connectivity index (χ4n) is 3.58. The summed E-state index contributed by atoms with van der Waals surface area (Å²) >= 11 is 0. The maximum Gasteiger partial charge on any atom is 0.243 e. The maximum atomic E-state index is 12.9. The van der Waals surface area contributed by atoms with Gasteiger partial charge in [-0.05, 0) is 56.9 Å². The normalized spacial score (nSPS) is 22.1. The van der Waals surface area contributed by atoms with Crippen LogP contribution in [0.3, 0.4) is 0 Å². The van der Waals surface area contributed by atoms with Crippen molar-refractivity contribution in [3.05, 3.63) is 24.3 Å². The number of rotatable bonds is 5. The van der Waals surface area contributed by atoms with Crippen LogP contribution in [0.2, 0.25) is 0 Å².